The lowest BCUT2D eigenvalue weighted by Crippen LogP contribution is -1.96. The lowest BCUT2D eigenvalue weighted by atomic mass is 10.2. The standard InChI is InChI=1S/C19H19N3O4S/c1-23-15-8-13(9-16(24-2)19(15)25-3)10-20-14-6-4-5-7-17(14)27-11-18-21-12-26-22-18/h4-10,12H,11H2,1-3H3/b20-10+. The molecule has 27 heavy (non-hydrogen) atoms. The number of nitrogens with zero attached hydrogens (tertiary/aromatic N) is 3. The molecule has 1 aromatic heterocycles. The van der Waals surface area contributed by atoms with Crippen molar-refractivity contribution in [3.63, 3.8) is 0 Å². The van der Waals surface area contributed by atoms with Crippen molar-refractivity contribution in [2.24, 2.45) is 4.99 Å². The van der Waals surface area contributed by atoms with E-state index in [0.29, 0.717) is 28.8 Å². The van der Waals surface area contributed by atoms with Crippen molar-refractivity contribution >= 4 is 23.7 Å². The summed E-state index contributed by atoms with van der Waals surface area (Å²) in [5.74, 6) is 2.96. The van der Waals surface area contributed by atoms with E-state index in [9.17, 15) is 0 Å². The summed E-state index contributed by atoms with van der Waals surface area (Å²) in [6, 6.07) is 11.6. The van der Waals surface area contributed by atoms with E-state index in [-0.39, 0.29) is 0 Å². The molecule has 3 rings (SSSR count). The van der Waals surface area contributed by atoms with E-state index in [1.165, 1.54) is 6.39 Å². The number of ether oxygens (including phenoxy) is 3. The van der Waals surface area contributed by atoms with Gasteiger partial charge in [-0.25, -0.2) is 0 Å². The molecule has 2 aromatic carbocycles. The molecule has 0 saturated carbocycles. The summed E-state index contributed by atoms with van der Waals surface area (Å²) in [5, 5.41) is 3.82. The zero-order valence-electron chi connectivity index (χ0n) is 15.2. The predicted octanol–water partition coefficient (Wildman–Crippen LogP) is 4.14. The number of hydrogen-bond donors (Lipinski definition) is 0. The van der Waals surface area contributed by atoms with Crippen molar-refractivity contribution in [2.75, 3.05) is 21.3 Å². The molecule has 1 heterocycles. The molecule has 0 atom stereocenters. The third-order valence-electron chi connectivity index (χ3n) is 3.67. The van der Waals surface area contributed by atoms with E-state index in [1.54, 1.807) is 39.3 Å². The second-order valence-electron chi connectivity index (χ2n) is 5.32. The Kier molecular flexibility index (Phi) is 6.32. The number of benzene rings is 2. The fraction of sp³-hybridized carbons (Fsp3) is 0.211. The first-order chi connectivity index (χ1) is 13.2. The van der Waals surface area contributed by atoms with Crippen LogP contribution in [0, 0.1) is 0 Å². The van der Waals surface area contributed by atoms with Gasteiger partial charge in [0.1, 0.15) is 0 Å². The molecule has 0 radical (unpaired) electrons. The average Bonchev–Trinajstić information content (AvgIpc) is 3.24. The molecule has 0 N–H and O–H groups in total. The molecular weight excluding hydrogens is 366 g/mol. The van der Waals surface area contributed by atoms with Crippen LogP contribution in [0.15, 0.2) is 57.2 Å². The highest BCUT2D eigenvalue weighted by atomic mass is 32.2. The van der Waals surface area contributed by atoms with Crippen molar-refractivity contribution in [2.45, 2.75) is 10.6 Å². The molecule has 0 aliphatic carbocycles. The van der Waals surface area contributed by atoms with E-state index in [4.69, 9.17) is 18.7 Å². The van der Waals surface area contributed by atoms with Crippen molar-refractivity contribution in [3.8, 4) is 17.2 Å². The Balaban J connectivity index is 1.83. The van der Waals surface area contributed by atoms with Gasteiger partial charge in [0.25, 0.3) is 0 Å². The Labute approximate surface area is 161 Å². The van der Waals surface area contributed by atoms with Crippen molar-refractivity contribution in [1.29, 1.82) is 0 Å². The number of thioether (sulfide) groups is 1. The van der Waals surface area contributed by atoms with Gasteiger partial charge < -0.3 is 18.7 Å². The lowest BCUT2D eigenvalue weighted by molar-refractivity contribution is 0.324. The maximum atomic E-state index is 5.38. The summed E-state index contributed by atoms with van der Waals surface area (Å²) in [4.78, 5) is 9.67. The summed E-state index contributed by atoms with van der Waals surface area (Å²) < 4.78 is 20.9. The van der Waals surface area contributed by atoms with Crippen LogP contribution in [0.5, 0.6) is 17.2 Å². The summed E-state index contributed by atoms with van der Waals surface area (Å²) in [7, 11) is 4.75. The number of methoxy groups -OCH3 is 3. The molecule has 0 bridgehead atoms. The Morgan fingerprint density at radius 1 is 1.07 bits per heavy atom. The van der Waals surface area contributed by atoms with Crippen LogP contribution in [0.25, 0.3) is 0 Å². The van der Waals surface area contributed by atoms with Gasteiger partial charge in [0, 0.05) is 16.7 Å². The molecule has 140 valence electrons. The van der Waals surface area contributed by atoms with E-state index in [2.05, 4.69) is 15.1 Å². The molecule has 0 saturated heterocycles. The van der Waals surface area contributed by atoms with Crippen molar-refractivity contribution in [1.82, 2.24) is 10.1 Å². The van der Waals surface area contributed by atoms with E-state index < -0.39 is 0 Å². The SMILES string of the molecule is COc1cc(/C=N/c2ccccc2SCc2ncon2)cc(OC)c1OC. The highest BCUT2D eigenvalue weighted by Crippen LogP contribution is 2.38. The first-order valence-corrected chi connectivity index (χ1v) is 9.05. The molecule has 0 amide bonds. The molecule has 0 unspecified atom stereocenters. The van der Waals surface area contributed by atoms with Crippen molar-refractivity contribution < 1.29 is 18.7 Å². The van der Waals surface area contributed by atoms with Gasteiger partial charge in [-0.3, -0.25) is 4.99 Å². The normalized spacial score (nSPS) is 10.9. The Morgan fingerprint density at radius 2 is 1.81 bits per heavy atom. The highest BCUT2D eigenvalue weighted by Gasteiger charge is 2.12. The second-order valence-corrected chi connectivity index (χ2v) is 6.34. The first kappa shape index (κ1) is 18.8. The third-order valence-corrected chi connectivity index (χ3v) is 4.73. The van der Waals surface area contributed by atoms with Gasteiger partial charge in [0.2, 0.25) is 12.1 Å². The molecule has 8 heteroatoms. The second kappa shape index (κ2) is 9.09. The smallest absolute Gasteiger partial charge is 0.213 e. The molecule has 0 fully saturated rings. The molecule has 7 nitrogen and oxygen atoms in total. The van der Waals surface area contributed by atoms with Crippen LogP contribution in [-0.2, 0) is 5.75 Å². The largest absolute Gasteiger partial charge is 0.493 e. The molecule has 0 aliphatic heterocycles. The number of aliphatic imine (C=N–C) groups is 1. The summed E-state index contributed by atoms with van der Waals surface area (Å²) in [6.45, 7) is 0. The average molecular weight is 385 g/mol. The summed E-state index contributed by atoms with van der Waals surface area (Å²) >= 11 is 1.59. The Bertz CT molecular complexity index is 888. The number of para-hydroxylation sites is 1. The van der Waals surface area contributed by atoms with Crippen molar-refractivity contribution in [3.05, 3.63) is 54.2 Å². The van der Waals surface area contributed by atoms with E-state index >= 15 is 0 Å². The van der Waals surface area contributed by atoms with Gasteiger partial charge in [0.05, 0.1) is 32.8 Å². The van der Waals surface area contributed by atoms with Gasteiger partial charge >= 0.3 is 0 Å². The van der Waals surface area contributed by atoms with Gasteiger partial charge in [-0.05, 0) is 24.3 Å². The van der Waals surface area contributed by atoms with Gasteiger partial charge in [-0.2, -0.15) is 4.98 Å². The van der Waals surface area contributed by atoms with E-state index in [0.717, 1.165) is 16.1 Å². The number of rotatable bonds is 8. The van der Waals surface area contributed by atoms with E-state index in [1.807, 2.05) is 36.4 Å². The quantitative estimate of drug-likeness (QED) is 0.426. The fourth-order valence-corrected chi connectivity index (χ4v) is 3.26. The minimum absolute atomic E-state index is 0.549. The molecular formula is C19H19N3O4S. The van der Waals surface area contributed by atoms with Crippen LogP contribution in [0.3, 0.4) is 0 Å². The predicted molar refractivity (Wildman–Crippen MR) is 104 cm³/mol. The monoisotopic (exact) mass is 385 g/mol. The Morgan fingerprint density at radius 3 is 2.44 bits per heavy atom. The topological polar surface area (TPSA) is 79.0 Å². The van der Waals surface area contributed by atoms with Crippen LogP contribution in [0.4, 0.5) is 5.69 Å². The van der Waals surface area contributed by atoms with Crippen LogP contribution < -0.4 is 14.2 Å². The third kappa shape index (κ3) is 4.59. The van der Waals surface area contributed by atoms with Gasteiger partial charge in [0.15, 0.2) is 17.3 Å². The zero-order chi connectivity index (χ0) is 19.1. The van der Waals surface area contributed by atoms with Crippen LogP contribution in [-0.4, -0.2) is 37.7 Å². The number of aromatic nitrogens is 2. The van der Waals surface area contributed by atoms with Crippen LogP contribution >= 0.6 is 11.8 Å². The maximum absolute atomic E-state index is 5.38. The van der Waals surface area contributed by atoms with Gasteiger partial charge in [-0.1, -0.05) is 17.3 Å². The van der Waals surface area contributed by atoms with Crippen LogP contribution in [0.1, 0.15) is 11.4 Å². The number of hydrogen-bond acceptors (Lipinski definition) is 8. The first-order valence-electron chi connectivity index (χ1n) is 8.06. The molecule has 0 aliphatic rings. The molecule has 0 spiro atoms. The lowest BCUT2D eigenvalue weighted by Gasteiger charge is -2.12. The summed E-state index contributed by atoms with van der Waals surface area (Å²) in [5.41, 5.74) is 1.68. The molecule has 3 aromatic rings. The van der Waals surface area contributed by atoms with Gasteiger partial charge in [-0.15, -0.1) is 11.8 Å². The Hall–Kier alpha value is -3.00. The van der Waals surface area contributed by atoms with Crippen LogP contribution in [0.2, 0.25) is 0 Å². The fourth-order valence-electron chi connectivity index (χ4n) is 2.40. The summed E-state index contributed by atoms with van der Waals surface area (Å²) in [6.07, 6.45) is 3.09. The minimum Gasteiger partial charge on any atom is -0.493 e. The minimum atomic E-state index is 0.549. The zero-order valence-corrected chi connectivity index (χ0v) is 16.0. The maximum Gasteiger partial charge on any atom is 0.213 e. The highest BCUT2D eigenvalue weighted by molar-refractivity contribution is 7.98.